The number of ether oxygens (including phenoxy) is 1. The molecule has 13 rings (SSSR count). The zero-order valence-electron chi connectivity index (χ0n) is 58.5. The van der Waals surface area contributed by atoms with E-state index in [1.54, 1.807) is 22.8 Å². The maximum atomic E-state index is 9.75. The van der Waals surface area contributed by atoms with Gasteiger partial charge in [0.05, 0.1) is 19.3 Å². The minimum Gasteiger partial charge on any atom is -0.509 e. The molecular weight excluding hydrogens is 1170 g/mol. The van der Waals surface area contributed by atoms with E-state index in [0.717, 1.165) is 44.3 Å². The molecule has 406 valence electrons. The monoisotopic (exact) mass is 1250 g/mol. The summed E-state index contributed by atoms with van der Waals surface area (Å²) >= 11 is 0. The molecule has 4 heterocycles. The van der Waals surface area contributed by atoms with Crippen molar-refractivity contribution in [3.8, 4) is 45.3 Å². The minimum absolute atomic E-state index is 0. The number of aromatic nitrogens is 3. The first-order valence-electron chi connectivity index (χ1n) is 32.9. The molecule has 0 fully saturated rings. The second-order valence-corrected chi connectivity index (χ2v) is 23.8. The Balaban J connectivity index is 0.00000832. The molecule has 0 bridgehead atoms. The summed E-state index contributed by atoms with van der Waals surface area (Å²) in [6, 6.07) is 53.1. The summed E-state index contributed by atoms with van der Waals surface area (Å²) in [6.45, 7) is 15.7. The van der Waals surface area contributed by atoms with Crippen LogP contribution in [0.1, 0.15) is 107 Å². The first kappa shape index (κ1) is 40.9. The van der Waals surface area contributed by atoms with Crippen molar-refractivity contribution >= 4 is 66.4 Å². The molecule has 6 nitrogen and oxygen atoms in total. The average Bonchev–Trinajstić information content (AvgIpc) is 1.58. The normalized spacial score (nSPS) is 15.4. The molecule has 1 aliphatic rings. The van der Waals surface area contributed by atoms with Gasteiger partial charge in [-0.2, -0.15) is 0 Å². The zero-order chi connectivity index (χ0) is 65.6. The Morgan fingerprint density at radius 1 is 0.506 bits per heavy atom. The van der Waals surface area contributed by atoms with Gasteiger partial charge in [0.25, 0.3) is 0 Å². The van der Waals surface area contributed by atoms with Crippen LogP contribution in [-0.4, -0.2) is 14.1 Å². The van der Waals surface area contributed by atoms with Gasteiger partial charge in [0.1, 0.15) is 5.82 Å². The topological polar surface area (TPSA) is 38.5 Å². The van der Waals surface area contributed by atoms with E-state index in [1.165, 1.54) is 23.4 Å². The molecule has 0 unspecified atom stereocenters. The third kappa shape index (κ3) is 9.51. The summed E-state index contributed by atoms with van der Waals surface area (Å²) < 4.78 is 118. The van der Waals surface area contributed by atoms with Gasteiger partial charge in [-0.05, 0) is 128 Å². The van der Waals surface area contributed by atoms with Crippen molar-refractivity contribution in [2.24, 2.45) is 0 Å². The van der Waals surface area contributed by atoms with E-state index in [-0.39, 0.29) is 83.1 Å². The first-order chi connectivity index (χ1) is 43.3. The van der Waals surface area contributed by atoms with Gasteiger partial charge in [-0.3, -0.25) is 0 Å². The summed E-state index contributed by atoms with van der Waals surface area (Å²) in [5.74, 6) is 0.459. The van der Waals surface area contributed by atoms with Crippen LogP contribution in [0.4, 0.5) is 22.7 Å². The van der Waals surface area contributed by atoms with Gasteiger partial charge in [-0.1, -0.05) is 194 Å². The molecule has 0 radical (unpaired) electrons. The Hall–Kier alpha value is -8.18. The molecule has 3 aromatic heterocycles. The molecule has 0 saturated heterocycles. The number of rotatable bonds is 8. The second-order valence-electron chi connectivity index (χ2n) is 23.8. The van der Waals surface area contributed by atoms with Gasteiger partial charge >= 0.3 is 0 Å². The predicted octanol–water partition coefficient (Wildman–Crippen LogP) is 19.9. The standard InChI is InChI=1S/C74H66N5O.Pt/c1-47-35-51(72(3,4)5)33-34-58(47)50-37-54(76-46-77(67-32-22-21-31-66(67)76)55-40-52(73(6,7)8)39-53(41-55)74(9,10)11)42-56(38-50)80-57-43-68(78-63-28-18-15-25-59(63)60-26-16-19-29-64(60)78)71-61-27-17-20-30-65(61)79(69(71)44-57)70-36-48(2)62(45-75-70)49-23-13-12-14-24-49;/h12-41,43,45-46H,1-11H3;/q-3;/i1D3,2D3,12D,13D,14D,23D,24D,34D;. The largest absolute Gasteiger partial charge is 0.509 e. The summed E-state index contributed by atoms with van der Waals surface area (Å²) in [4.78, 5) is 9.07. The predicted molar refractivity (Wildman–Crippen MR) is 335 cm³/mol. The Morgan fingerprint density at radius 2 is 1.07 bits per heavy atom. The first-order valence-corrected chi connectivity index (χ1v) is 26.9. The molecule has 7 heteroatoms. The van der Waals surface area contributed by atoms with Gasteiger partial charge in [0.2, 0.25) is 0 Å². The number of fused-ring (bicyclic) bond motifs is 7. The van der Waals surface area contributed by atoms with Gasteiger partial charge in [-0.25, -0.2) is 4.98 Å². The van der Waals surface area contributed by atoms with E-state index in [2.05, 4.69) is 99.5 Å². The zero-order valence-corrected chi connectivity index (χ0v) is 48.8. The maximum Gasteiger partial charge on any atom is 0.135 e. The summed E-state index contributed by atoms with van der Waals surface area (Å²) in [5, 5.41) is 3.41. The number of nitrogens with zero attached hydrogens (tertiary/aromatic N) is 5. The Labute approximate surface area is 508 Å². The average molecular weight is 1250 g/mol. The van der Waals surface area contributed by atoms with Crippen LogP contribution in [0, 0.1) is 32.5 Å². The van der Waals surface area contributed by atoms with Gasteiger partial charge in [-0.15, -0.1) is 48.3 Å². The molecule has 0 saturated carbocycles. The SMILES string of the molecule is [2H]c1cc(C(C)(C)C)cc(C([2H])([2H])[2H])c1-c1cc(Oc2[c-]c3c(c(-n4c5ccccc5c5ccccc54)c2)c2ccccc2n3-c2cc(C([2H])([2H])[2H])c(-c3c([2H])c([2H])c([2H])c([2H])c3[2H])cn2)[c-]c(N2[CH-]N(c3cc(C(C)(C)C)cc(C(C)(C)C)c3)c3ccccc32)c1.[Pt]. The number of anilines is 4. The maximum absolute atomic E-state index is 9.75. The van der Waals surface area contributed by atoms with E-state index in [4.69, 9.17) is 24.8 Å². The Morgan fingerprint density at radius 3 is 1.70 bits per heavy atom. The van der Waals surface area contributed by atoms with E-state index in [9.17, 15) is 1.37 Å². The molecule has 9 aromatic carbocycles. The molecule has 1 aliphatic heterocycles. The molecule has 0 amide bonds. The molecule has 81 heavy (non-hydrogen) atoms. The van der Waals surface area contributed by atoms with Crippen molar-refractivity contribution in [1.29, 1.82) is 0 Å². The Kier molecular flexibility index (Phi) is 10.2. The number of hydrogen-bond acceptors (Lipinski definition) is 4. The minimum atomic E-state index is -2.87. The third-order valence-electron chi connectivity index (χ3n) is 15.3. The van der Waals surface area contributed by atoms with Crippen LogP contribution in [-0.2, 0) is 37.3 Å². The summed E-state index contributed by atoms with van der Waals surface area (Å²) in [5.41, 5.74) is 8.58. The fourth-order valence-corrected chi connectivity index (χ4v) is 11.0. The number of pyridine rings is 1. The smallest absolute Gasteiger partial charge is 0.135 e. The van der Waals surface area contributed by atoms with Crippen molar-refractivity contribution in [1.82, 2.24) is 14.1 Å². The van der Waals surface area contributed by atoms with Crippen LogP contribution >= 0.6 is 0 Å². The van der Waals surface area contributed by atoms with Crippen LogP contribution in [0.25, 0.3) is 77.4 Å². The number of para-hydroxylation sites is 5. The van der Waals surface area contributed by atoms with Crippen molar-refractivity contribution < 1.29 is 42.3 Å². The van der Waals surface area contributed by atoms with Crippen LogP contribution in [0.15, 0.2) is 194 Å². The second kappa shape index (κ2) is 20.1. The summed E-state index contributed by atoms with van der Waals surface area (Å²) in [6.07, 6.45) is 1.25. The van der Waals surface area contributed by atoms with Crippen molar-refractivity contribution in [3.63, 3.8) is 0 Å². The Bertz CT molecular complexity index is 4910. The van der Waals surface area contributed by atoms with Crippen LogP contribution < -0.4 is 14.5 Å². The van der Waals surface area contributed by atoms with Crippen LogP contribution in [0.3, 0.4) is 0 Å². The van der Waals surface area contributed by atoms with Gasteiger partial charge in [0, 0.05) is 85.9 Å². The molecule has 0 aliphatic carbocycles. The number of aryl methyl sites for hydroxylation is 2. The number of benzene rings is 9. The van der Waals surface area contributed by atoms with Crippen molar-refractivity contribution in [2.45, 2.75) is 92.3 Å². The quantitative estimate of drug-likeness (QED) is 0.142. The van der Waals surface area contributed by atoms with E-state index >= 15 is 0 Å². The van der Waals surface area contributed by atoms with E-state index in [0.29, 0.717) is 38.9 Å². The fraction of sp³-hybridized carbons (Fsp3) is 0.189. The fourth-order valence-electron chi connectivity index (χ4n) is 11.0. The van der Waals surface area contributed by atoms with E-state index < -0.39 is 49.3 Å². The van der Waals surface area contributed by atoms with Crippen LogP contribution in [0.5, 0.6) is 11.5 Å². The van der Waals surface area contributed by atoms with Crippen molar-refractivity contribution in [2.75, 3.05) is 9.80 Å². The van der Waals surface area contributed by atoms with E-state index in [1.807, 2.05) is 123 Å². The van der Waals surface area contributed by atoms with Gasteiger partial charge in [0.15, 0.2) is 0 Å². The molecular formula is C74H66N5OPt-3. The van der Waals surface area contributed by atoms with Crippen LogP contribution in [0.2, 0.25) is 0 Å². The third-order valence-corrected chi connectivity index (χ3v) is 15.3. The summed E-state index contributed by atoms with van der Waals surface area (Å²) in [7, 11) is 0. The molecule has 0 spiro atoms. The van der Waals surface area contributed by atoms with Crippen molar-refractivity contribution in [3.05, 3.63) is 241 Å². The molecule has 12 aromatic rings. The number of hydrogen-bond donors (Lipinski definition) is 0. The molecule has 0 N–H and O–H groups in total. The van der Waals surface area contributed by atoms with Gasteiger partial charge < -0.3 is 23.7 Å². The molecule has 0 atom stereocenters.